The van der Waals surface area contributed by atoms with Crippen LogP contribution in [0.4, 0.5) is 26.3 Å². The maximum absolute atomic E-state index is 10.2. The molecule has 0 atom stereocenters. The Morgan fingerprint density at radius 2 is 0.737 bits per heavy atom. The molecule has 7 heteroatoms. The Labute approximate surface area is 128 Å². The molecular weight excluding hydrogens is 377 g/mol. The van der Waals surface area contributed by atoms with Crippen LogP contribution in [0.25, 0.3) is 0 Å². The third kappa shape index (κ3) is 131. The molecule has 0 unspecified atom stereocenters. The first-order valence-corrected chi connectivity index (χ1v) is 5.60. The molecule has 4 radical (unpaired) electrons. The summed E-state index contributed by atoms with van der Waals surface area (Å²) in [5.41, 5.74) is 0. The first-order valence-electron chi connectivity index (χ1n) is 5.60. The van der Waals surface area contributed by atoms with Crippen molar-refractivity contribution < 1.29 is 26.3 Å². The van der Waals surface area contributed by atoms with E-state index >= 15 is 0 Å². The third-order valence-corrected chi connectivity index (χ3v) is 1.16. The fourth-order valence-corrected chi connectivity index (χ4v) is 0. The summed E-state index contributed by atoms with van der Waals surface area (Å²) >= 11 is 0. The molecule has 0 rings (SSSR count). The van der Waals surface area contributed by atoms with Crippen molar-refractivity contribution >= 4 is 23.9 Å². The number of unbranched alkanes of at least 4 members (excludes halogenated alkanes) is 2. The predicted molar refractivity (Wildman–Crippen MR) is 69.7 cm³/mol. The number of halogens is 6. The number of hydrogen-bond acceptors (Lipinski definition) is 0. The van der Waals surface area contributed by atoms with Crippen molar-refractivity contribution in [2.24, 2.45) is 0 Å². The SMILES string of the molecule is CCCC.CCCC.FC=C(F)F.FC=C(F)F.[Sn]. The Morgan fingerprint density at radius 3 is 0.737 bits per heavy atom. The van der Waals surface area contributed by atoms with Gasteiger partial charge in [0.2, 0.25) is 0 Å². The van der Waals surface area contributed by atoms with Gasteiger partial charge in [-0.3, -0.25) is 0 Å². The van der Waals surface area contributed by atoms with Crippen LogP contribution in [0.1, 0.15) is 53.4 Å². The van der Waals surface area contributed by atoms with Gasteiger partial charge < -0.3 is 0 Å². The average Bonchev–Trinajstić information content (AvgIpc) is 2.39. The molecule has 0 aliphatic carbocycles. The van der Waals surface area contributed by atoms with Crippen LogP contribution in [0.2, 0.25) is 0 Å². The second kappa shape index (κ2) is 36.1. The summed E-state index contributed by atoms with van der Waals surface area (Å²) in [7, 11) is 0. The topological polar surface area (TPSA) is 0 Å². The quantitative estimate of drug-likeness (QED) is 0.362. The molecule has 0 N–H and O–H groups in total. The van der Waals surface area contributed by atoms with Gasteiger partial charge in [0.15, 0.2) is 12.7 Å². The van der Waals surface area contributed by atoms with E-state index in [4.69, 9.17) is 0 Å². The summed E-state index contributed by atoms with van der Waals surface area (Å²) < 4.78 is 61.4. The van der Waals surface area contributed by atoms with Crippen LogP contribution in [0.15, 0.2) is 24.8 Å². The van der Waals surface area contributed by atoms with E-state index in [-0.39, 0.29) is 23.9 Å². The van der Waals surface area contributed by atoms with Gasteiger partial charge in [-0.15, -0.1) is 0 Å². The molecule has 0 spiro atoms. The van der Waals surface area contributed by atoms with Gasteiger partial charge in [-0.25, -0.2) is 8.78 Å². The molecule has 0 fully saturated rings. The first-order chi connectivity index (χ1) is 8.37. The van der Waals surface area contributed by atoms with E-state index in [1.807, 2.05) is 0 Å². The minimum Gasteiger partial charge on any atom is -0.210 e. The third-order valence-electron chi connectivity index (χ3n) is 1.16. The summed E-state index contributed by atoms with van der Waals surface area (Å²) in [6.07, 6.45) is -0.796. The van der Waals surface area contributed by atoms with E-state index in [1.165, 1.54) is 25.7 Å². The Bertz CT molecular complexity index is 151. The van der Waals surface area contributed by atoms with E-state index < -0.39 is 24.8 Å². The predicted octanol–water partition coefficient (Wildman–Crippen LogP) is 6.62. The zero-order valence-corrected chi connectivity index (χ0v) is 14.6. The van der Waals surface area contributed by atoms with Crippen molar-refractivity contribution in [3.05, 3.63) is 24.8 Å². The van der Waals surface area contributed by atoms with E-state index in [0.717, 1.165) is 0 Å². The van der Waals surface area contributed by atoms with E-state index in [9.17, 15) is 26.3 Å². The summed E-state index contributed by atoms with van der Waals surface area (Å²) in [4.78, 5) is 0. The molecule has 0 heterocycles. The molecule has 0 bridgehead atoms. The molecule has 0 nitrogen and oxygen atoms in total. The van der Waals surface area contributed by atoms with Crippen LogP contribution in [0.5, 0.6) is 0 Å². The van der Waals surface area contributed by atoms with E-state index in [1.54, 1.807) is 0 Å². The van der Waals surface area contributed by atoms with Gasteiger partial charge in [-0.2, -0.15) is 17.6 Å². The second-order valence-electron chi connectivity index (χ2n) is 2.80. The van der Waals surface area contributed by atoms with Crippen LogP contribution < -0.4 is 0 Å². The van der Waals surface area contributed by atoms with Crippen LogP contribution >= 0.6 is 0 Å². The molecule has 0 aromatic carbocycles. The van der Waals surface area contributed by atoms with Gasteiger partial charge >= 0.3 is 0 Å². The van der Waals surface area contributed by atoms with Crippen molar-refractivity contribution in [3.8, 4) is 0 Å². The molecule has 0 aromatic rings. The average molecular weight is 399 g/mol. The van der Waals surface area contributed by atoms with Gasteiger partial charge in [-0.1, -0.05) is 53.4 Å². The summed E-state index contributed by atoms with van der Waals surface area (Å²) in [5.74, 6) is 0. The van der Waals surface area contributed by atoms with Gasteiger partial charge in [-0.05, 0) is 0 Å². The molecule has 0 aliphatic heterocycles. The largest absolute Gasteiger partial charge is 0.298 e. The Balaban J connectivity index is -0.0000000453. The number of hydrogen-bond donors (Lipinski definition) is 0. The standard InChI is InChI=1S/2C4H10.2C2HF3.Sn/c2*1-3-4-2;2*3-1-2(4)5;/h2*3-4H2,1-2H3;2*1H;. The summed E-state index contributed by atoms with van der Waals surface area (Å²) in [6.45, 7) is 8.72. The molecule has 19 heavy (non-hydrogen) atoms. The molecular formula is C12H22F6Sn. The Morgan fingerprint density at radius 1 is 0.632 bits per heavy atom. The van der Waals surface area contributed by atoms with E-state index in [2.05, 4.69) is 27.7 Å². The second-order valence-corrected chi connectivity index (χ2v) is 2.80. The van der Waals surface area contributed by atoms with Gasteiger partial charge in [0.05, 0.1) is 0 Å². The zero-order chi connectivity index (χ0) is 15.4. The fourth-order valence-electron chi connectivity index (χ4n) is 0. The van der Waals surface area contributed by atoms with Crippen LogP contribution in [-0.4, -0.2) is 23.9 Å². The monoisotopic (exact) mass is 400 g/mol. The van der Waals surface area contributed by atoms with E-state index in [0.29, 0.717) is 0 Å². The minimum absolute atomic E-state index is 0. The smallest absolute Gasteiger partial charge is 0.210 e. The first kappa shape index (κ1) is 31.3. The van der Waals surface area contributed by atoms with Crippen molar-refractivity contribution in [2.45, 2.75) is 53.4 Å². The summed E-state index contributed by atoms with van der Waals surface area (Å²) in [6, 6.07) is 0. The molecule has 116 valence electrons. The van der Waals surface area contributed by atoms with Crippen molar-refractivity contribution in [2.75, 3.05) is 0 Å². The molecule has 0 aromatic heterocycles. The van der Waals surface area contributed by atoms with Crippen LogP contribution in [0.3, 0.4) is 0 Å². The van der Waals surface area contributed by atoms with Crippen molar-refractivity contribution in [1.29, 1.82) is 0 Å². The molecule has 0 saturated heterocycles. The normalized spacial score (nSPS) is 6.84. The molecule has 0 saturated carbocycles. The maximum atomic E-state index is 10.2. The van der Waals surface area contributed by atoms with Gasteiger partial charge in [0.25, 0.3) is 12.2 Å². The van der Waals surface area contributed by atoms with Crippen LogP contribution in [-0.2, 0) is 0 Å². The number of rotatable bonds is 2. The van der Waals surface area contributed by atoms with Crippen LogP contribution in [0, 0.1) is 0 Å². The Hall–Kier alpha value is -0.141. The van der Waals surface area contributed by atoms with Gasteiger partial charge in [0, 0.05) is 23.9 Å². The Kier molecular flexibility index (Phi) is 59.5. The van der Waals surface area contributed by atoms with Crippen molar-refractivity contribution in [1.82, 2.24) is 0 Å². The molecule has 0 amide bonds. The van der Waals surface area contributed by atoms with Gasteiger partial charge in [0.1, 0.15) is 0 Å². The maximum Gasteiger partial charge on any atom is 0.298 e. The fraction of sp³-hybridized carbons (Fsp3) is 0.667. The zero-order valence-electron chi connectivity index (χ0n) is 11.8. The summed E-state index contributed by atoms with van der Waals surface area (Å²) in [5, 5.41) is 0. The molecule has 0 aliphatic rings. The van der Waals surface area contributed by atoms with Crippen molar-refractivity contribution in [3.63, 3.8) is 0 Å². The minimum atomic E-state index is -2.29.